The summed E-state index contributed by atoms with van der Waals surface area (Å²) in [6.07, 6.45) is 10.7. The third kappa shape index (κ3) is 5.87. The first-order valence-corrected chi connectivity index (χ1v) is 9.16. The number of hydrogen-bond acceptors (Lipinski definition) is 3. The van der Waals surface area contributed by atoms with Gasteiger partial charge < -0.3 is 15.1 Å². The summed E-state index contributed by atoms with van der Waals surface area (Å²) in [5.41, 5.74) is 1.61. The molecule has 0 spiro atoms. The van der Waals surface area contributed by atoms with Gasteiger partial charge in [-0.05, 0) is 44.2 Å². The van der Waals surface area contributed by atoms with Crippen LogP contribution in [0.25, 0.3) is 0 Å². The van der Waals surface area contributed by atoms with Gasteiger partial charge in [0.25, 0.3) is 0 Å². The Morgan fingerprint density at radius 3 is 2.68 bits per heavy atom. The number of hydrogen-bond donors (Lipinski definition) is 1. The molecule has 1 saturated heterocycles. The van der Waals surface area contributed by atoms with Gasteiger partial charge in [-0.15, -0.1) is 24.0 Å². The van der Waals surface area contributed by atoms with E-state index in [0.717, 1.165) is 50.9 Å². The summed E-state index contributed by atoms with van der Waals surface area (Å²) < 4.78 is 0. The van der Waals surface area contributed by atoms with E-state index in [9.17, 15) is 0 Å². The van der Waals surface area contributed by atoms with Crippen molar-refractivity contribution in [1.29, 1.82) is 0 Å². The maximum Gasteiger partial charge on any atom is 0.193 e. The molecule has 1 aromatic heterocycles. The number of rotatable bonds is 4. The van der Waals surface area contributed by atoms with Crippen LogP contribution in [-0.4, -0.2) is 55.6 Å². The lowest BCUT2D eigenvalue weighted by Crippen LogP contribution is -2.52. The molecule has 1 N–H and O–H groups in total. The zero-order chi connectivity index (χ0) is 16.6. The summed E-state index contributed by atoms with van der Waals surface area (Å²) in [6.45, 7) is 4.93. The highest BCUT2D eigenvalue weighted by Crippen LogP contribution is 2.19. The maximum absolute atomic E-state index is 4.47. The summed E-state index contributed by atoms with van der Waals surface area (Å²) in [4.78, 5) is 13.6. The van der Waals surface area contributed by atoms with E-state index in [1.54, 1.807) is 5.57 Å². The quantitative estimate of drug-likeness (QED) is 0.328. The first kappa shape index (κ1) is 20.0. The SMILES string of the molecule is CN=C(NCCC1=CCCCC1)N1CCN(c2ccccn2)CC1.I. The van der Waals surface area contributed by atoms with Crippen LogP contribution < -0.4 is 10.2 Å². The molecule has 2 heterocycles. The number of aliphatic imine (C=N–C) groups is 1. The minimum absolute atomic E-state index is 0. The fraction of sp³-hybridized carbons (Fsp3) is 0.579. The lowest BCUT2D eigenvalue weighted by atomic mass is 9.97. The Kier molecular flexibility index (Phi) is 8.51. The Hall–Kier alpha value is -1.31. The van der Waals surface area contributed by atoms with E-state index in [1.165, 1.54) is 25.7 Å². The Morgan fingerprint density at radius 2 is 2.04 bits per heavy atom. The predicted molar refractivity (Wildman–Crippen MR) is 116 cm³/mol. The second-order valence-corrected chi connectivity index (χ2v) is 6.49. The summed E-state index contributed by atoms with van der Waals surface area (Å²) >= 11 is 0. The van der Waals surface area contributed by atoms with Gasteiger partial charge in [-0.2, -0.15) is 0 Å². The Morgan fingerprint density at radius 1 is 1.20 bits per heavy atom. The van der Waals surface area contributed by atoms with E-state index in [2.05, 4.69) is 43.3 Å². The molecule has 0 unspecified atom stereocenters. The van der Waals surface area contributed by atoms with Crippen molar-refractivity contribution in [3.05, 3.63) is 36.0 Å². The second-order valence-electron chi connectivity index (χ2n) is 6.49. The highest BCUT2D eigenvalue weighted by Gasteiger charge is 2.20. The fourth-order valence-electron chi connectivity index (χ4n) is 3.49. The molecular weight excluding hydrogens is 425 g/mol. The van der Waals surface area contributed by atoms with Crippen molar-refractivity contribution in [3.8, 4) is 0 Å². The van der Waals surface area contributed by atoms with Gasteiger partial charge in [0, 0.05) is 46.0 Å². The first-order valence-electron chi connectivity index (χ1n) is 9.16. The van der Waals surface area contributed by atoms with E-state index in [4.69, 9.17) is 0 Å². The van der Waals surface area contributed by atoms with Gasteiger partial charge in [-0.1, -0.05) is 17.7 Å². The van der Waals surface area contributed by atoms with Crippen molar-refractivity contribution >= 4 is 35.8 Å². The Balaban J connectivity index is 0.00000225. The van der Waals surface area contributed by atoms with Crippen molar-refractivity contribution in [3.63, 3.8) is 0 Å². The molecule has 0 amide bonds. The molecule has 3 rings (SSSR count). The largest absolute Gasteiger partial charge is 0.356 e. The molecule has 1 fully saturated rings. The van der Waals surface area contributed by atoms with Crippen molar-refractivity contribution < 1.29 is 0 Å². The summed E-state index contributed by atoms with van der Waals surface area (Å²) in [6, 6.07) is 6.10. The van der Waals surface area contributed by atoms with Crippen molar-refractivity contribution in [2.75, 3.05) is 44.7 Å². The average molecular weight is 455 g/mol. The monoisotopic (exact) mass is 455 g/mol. The number of guanidine groups is 1. The standard InChI is InChI=1S/C19H29N5.HI/c1-20-19(22-12-10-17-7-3-2-4-8-17)24-15-13-23(14-16-24)18-9-5-6-11-21-18;/h5-7,9,11H,2-4,8,10,12-16H2,1H3,(H,20,22);1H. The van der Waals surface area contributed by atoms with E-state index in [-0.39, 0.29) is 24.0 Å². The lowest BCUT2D eigenvalue weighted by molar-refractivity contribution is 0.371. The number of pyridine rings is 1. The molecule has 0 radical (unpaired) electrons. The molecule has 5 nitrogen and oxygen atoms in total. The van der Waals surface area contributed by atoms with Crippen LogP contribution in [0.3, 0.4) is 0 Å². The molecule has 6 heteroatoms. The van der Waals surface area contributed by atoms with E-state index < -0.39 is 0 Å². The van der Waals surface area contributed by atoms with Gasteiger partial charge in [0.15, 0.2) is 5.96 Å². The van der Waals surface area contributed by atoms with Crippen LogP contribution in [0.5, 0.6) is 0 Å². The molecule has 2 aliphatic rings. The minimum Gasteiger partial charge on any atom is -0.356 e. The molecule has 0 aromatic carbocycles. The smallest absolute Gasteiger partial charge is 0.193 e. The van der Waals surface area contributed by atoms with E-state index >= 15 is 0 Å². The van der Waals surface area contributed by atoms with Crippen LogP contribution >= 0.6 is 24.0 Å². The van der Waals surface area contributed by atoms with Gasteiger partial charge in [0.1, 0.15) is 5.82 Å². The van der Waals surface area contributed by atoms with Crippen molar-refractivity contribution in [2.24, 2.45) is 4.99 Å². The van der Waals surface area contributed by atoms with Crippen molar-refractivity contribution in [1.82, 2.24) is 15.2 Å². The highest BCUT2D eigenvalue weighted by atomic mass is 127. The molecule has 1 aliphatic heterocycles. The highest BCUT2D eigenvalue weighted by molar-refractivity contribution is 14.0. The zero-order valence-electron chi connectivity index (χ0n) is 15.2. The molecule has 138 valence electrons. The number of piperazine rings is 1. The Bertz CT molecular complexity index is 564. The molecule has 1 aromatic rings. The normalized spacial score (nSPS) is 18.4. The number of nitrogens with one attached hydrogen (secondary N) is 1. The van der Waals surface area contributed by atoms with Gasteiger partial charge in [0.2, 0.25) is 0 Å². The maximum atomic E-state index is 4.47. The summed E-state index contributed by atoms with van der Waals surface area (Å²) in [5, 5.41) is 3.54. The molecule has 0 bridgehead atoms. The van der Waals surface area contributed by atoms with Crippen LogP contribution in [0.15, 0.2) is 41.0 Å². The van der Waals surface area contributed by atoms with Crippen molar-refractivity contribution in [2.45, 2.75) is 32.1 Å². The molecule has 1 aliphatic carbocycles. The number of halogens is 1. The zero-order valence-corrected chi connectivity index (χ0v) is 17.5. The topological polar surface area (TPSA) is 43.8 Å². The number of anilines is 1. The second kappa shape index (κ2) is 10.6. The van der Waals surface area contributed by atoms with Crippen LogP contribution in [0.4, 0.5) is 5.82 Å². The molecular formula is C19H30IN5. The van der Waals surface area contributed by atoms with Crippen LogP contribution in [0.2, 0.25) is 0 Å². The summed E-state index contributed by atoms with van der Waals surface area (Å²) in [7, 11) is 1.88. The van der Waals surface area contributed by atoms with Crippen LogP contribution in [0, 0.1) is 0 Å². The Labute approximate surface area is 168 Å². The molecule has 0 atom stereocenters. The lowest BCUT2D eigenvalue weighted by Gasteiger charge is -2.37. The van der Waals surface area contributed by atoms with Crippen LogP contribution in [0.1, 0.15) is 32.1 Å². The predicted octanol–water partition coefficient (Wildman–Crippen LogP) is 3.29. The first-order chi connectivity index (χ1) is 11.9. The van der Waals surface area contributed by atoms with Gasteiger partial charge >= 0.3 is 0 Å². The molecule has 25 heavy (non-hydrogen) atoms. The third-order valence-electron chi connectivity index (χ3n) is 4.88. The van der Waals surface area contributed by atoms with Gasteiger partial charge in [-0.25, -0.2) is 4.98 Å². The number of aromatic nitrogens is 1. The van der Waals surface area contributed by atoms with Crippen LogP contribution in [-0.2, 0) is 0 Å². The summed E-state index contributed by atoms with van der Waals surface area (Å²) in [5.74, 6) is 2.11. The minimum atomic E-state index is 0. The van der Waals surface area contributed by atoms with E-state index in [0.29, 0.717) is 0 Å². The number of allylic oxidation sites excluding steroid dienone is 1. The average Bonchev–Trinajstić information content (AvgIpc) is 2.67. The van der Waals surface area contributed by atoms with Gasteiger partial charge in [-0.3, -0.25) is 4.99 Å². The van der Waals surface area contributed by atoms with Gasteiger partial charge in [0.05, 0.1) is 0 Å². The fourth-order valence-corrected chi connectivity index (χ4v) is 3.49. The number of nitrogens with zero attached hydrogens (tertiary/aromatic N) is 4. The van der Waals surface area contributed by atoms with E-state index in [1.807, 2.05) is 19.3 Å². The third-order valence-corrected chi connectivity index (χ3v) is 4.88. The molecule has 0 saturated carbocycles.